The summed E-state index contributed by atoms with van der Waals surface area (Å²) in [5.41, 5.74) is 0.593. The number of rotatable bonds is 4. The van der Waals surface area contributed by atoms with Crippen LogP contribution in [0.4, 0.5) is 5.69 Å². The van der Waals surface area contributed by atoms with Crippen molar-refractivity contribution in [1.29, 1.82) is 0 Å². The van der Waals surface area contributed by atoms with Crippen molar-refractivity contribution in [2.45, 2.75) is 13.5 Å². The van der Waals surface area contributed by atoms with Crippen molar-refractivity contribution in [3.63, 3.8) is 0 Å². The summed E-state index contributed by atoms with van der Waals surface area (Å²) >= 11 is 7.45. The topological polar surface area (TPSA) is 62.2 Å². The van der Waals surface area contributed by atoms with Crippen molar-refractivity contribution < 1.29 is 9.90 Å². The van der Waals surface area contributed by atoms with Gasteiger partial charge in [-0.25, -0.2) is 9.78 Å². The van der Waals surface area contributed by atoms with Crippen molar-refractivity contribution in [1.82, 2.24) is 4.98 Å². The Hall–Kier alpha value is -1.59. The van der Waals surface area contributed by atoms with E-state index in [0.29, 0.717) is 12.2 Å². The van der Waals surface area contributed by atoms with E-state index in [1.54, 1.807) is 35.7 Å². The van der Waals surface area contributed by atoms with Gasteiger partial charge in [-0.15, -0.1) is 11.3 Å². The van der Waals surface area contributed by atoms with E-state index in [1.165, 1.54) is 0 Å². The molecule has 0 aliphatic rings. The Morgan fingerprint density at radius 1 is 1.56 bits per heavy atom. The lowest BCUT2D eigenvalue weighted by Gasteiger charge is -2.09. The van der Waals surface area contributed by atoms with Crippen LogP contribution >= 0.6 is 22.9 Å². The molecular weight excluding hydrogens is 272 g/mol. The van der Waals surface area contributed by atoms with Gasteiger partial charge in [-0.1, -0.05) is 17.7 Å². The van der Waals surface area contributed by atoms with Gasteiger partial charge in [-0.2, -0.15) is 0 Å². The minimum Gasteiger partial charge on any atom is -0.478 e. The first-order valence-electron chi connectivity index (χ1n) is 5.25. The molecular formula is C12H11ClN2O2S. The van der Waals surface area contributed by atoms with Crippen molar-refractivity contribution >= 4 is 34.6 Å². The highest BCUT2D eigenvalue weighted by molar-refractivity contribution is 7.11. The average molecular weight is 283 g/mol. The van der Waals surface area contributed by atoms with Gasteiger partial charge in [0.25, 0.3) is 0 Å². The fourth-order valence-electron chi connectivity index (χ4n) is 1.54. The Morgan fingerprint density at radius 3 is 2.94 bits per heavy atom. The number of nitrogens with zero attached hydrogens (tertiary/aromatic N) is 1. The second kappa shape index (κ2) is 5.37. The average Bonchev–Trinajstić information content (AvgIpc) is 2.72. The predicted molar refractivity (Wildman–Crippen MR) is 72.6 cm³/mol. The van der Waals surface area contributed by atoms with Crippen molar-refractivity contribution in [2.75, 3.05) is 5.32 Å². The van der Waals surface area contributed by atoms with Crippen LogP contribution in [0.1, 0.15) is 20.2 Å². The number of benzene rings is 1. The molecule has 0 spiro atoms. The normalized spacial score (nSPS) is 10.3. The second-order valence-corrected chi connectivity index (χ2v) is 5.41. The second-order valence-electron chi connectivity index (χ2n) is 3.69. The maximum atomic E-state index is 11.1. The molecule has 0 fully saturated rings. The highest BCUT2D eigenvalue weighted by Crippen LogP contribution is 2.25. The largest absolute Gasteiger partial charge is 0.478 e. The molecule has 0 saturated heterocycles. The van der Waals surface area contributed by atoms with Crippen molar-refractivity contribution in [3.05, 3.63) is 44.9 Å². The van der Waals surface area contributed by atoms with E-state index in [9.17, 15) is 4.79 Å². The molecule has 0 aliphatic heterocycles. The van der Waals surface area contributed by atoms with Crippen LogP contribution in [0.25, 0.3) is 0 Å². The molecule has 2 aromatic rings. The van der Waals surface area contributed by atoms with E-state index in [1.807, 2.05) is 6.92 Å². The smallest absolute Gasteiger partial charge is 0.339 e. The summed E-state index contributed by atoms with van der Waals surface area (Å²) in [5.74, 6) is -1.04. The monoisotopic (exact) mass is 282 g/mol. The van der Waals surface area contributed by atoms with Crippen LogP contribution in [-0.2, 0) is 6.54 Å². The molecule has 2 N–H and O–H groups in total. The first-order valence-corrected chi connectivity index (χ1v) is 6.44. The highest BCUT2D eigenvalue weighted by Gasteiger charge is 2.14. The van der Waals surface area contributed by atoms with Crippen molar-refractivity contribution in [3.8, 4) is 0 Å². The molecule has 0 radical (unpaired) electrons. The molecule has 0 atom stereocenters. The Labute approximate surface area is 113 Å². The standard InChI is InChI=1S/C12H11ClN2O2S/c1-7-5-15-10(18-7)6-14-9-4-2-3-8(13)11(9)12(16)17/h2-5,14H,6H2,1H3,(H,16,17). The van der Waals surface area contributed by atoms with Crippen LogP contribution in [0.5, 0.6) is 0 Å². The van der Waals surface area contributed by atoms with Gasteiger partial charge in [0, 0.05) is 11.1 Å². The van der Waals surface area contributed by atoms with Gasteiger partial charge in [0.05, 0.1) is 17.3 Å². The van der Waals surface area contributed by atoms with Gasteiger partial charge >= 0.3 is 5.97 Å². The summed E-state index contributed by atoms with van der Waals surface area (Å²) in [6.07, 6.45) is 1.79. The first-order chi connectivity index (χ1) is 8.58. The summed E-state index contributed by atoms with van der Waals surface area (Å²) < 4.78 is 0. The number of carboxylic acids is 1. The first kappa shape index (κ1) is 12.9. The van der Waals surface area contributed by atoms with E-state index in [2.05, 4.69) is 10.3 Å². The number of hydrogen-bond donors (Lipinski definition) is 2. The number of aryl methyl sites for hydroxylation is 1. The Bertz CT molecular complexity index is 583. The zero-order valence-corrected chi connectivity index (χ0v) is 11.2. The van der Waals surface area contributed by atoms with Crippen LogP contribution in [0, 0.1) is 6.92 Å². The van der Waals surface area contributed by atoms with Crippen molar-refractivity contribution in [2.24, 2.45) is 0 Å². The van der Waals surface area contributed by atoms with E-state index < -0.39 is 5.97 Å². The zero-order valence-electron chi connectivity index (χ0n) is 9.61. The quantitative estimate of drug-likeness (QED) is 0.902. The van der Waals surface area contributed by atoms with Crippen LogP contribution in [0.15, 0.2) is 24.4 Å². The summed E-state index contributed by atoms with van der Waals surface area (Å²) in [6.45, 7) is 2.46. The molecule has 1 aromatic heterocycles. The minimum absolute atomic E-state index is 0.0902. The molecule has 0 unspecified atom stereocenters. The molecule has 2 rings (SSSR count). The number of nitrogens with one attached hydrogen (secondary N) is 1. The van der Waals surface area contributed by atoms with E-state index >= 15 is 0 Å². The highest BCUT2D eigenvalue weighted by atomic mass is 35.5. The van der Waals surface area contributed by atoms with E-state index in [-0.39, 0.29) is 10.6 Å². The van der Waals surface area contributed by atoms with Crippen LogP contribution in [0.3, 0.4) is 0 Å². The fraction of sp³-hybridized carbons (Fsp3) is 0.167. The van der Waals surface area contributed by atoms with Gasteiger partial charge in [-0.05, 0) is 19.1 Å². The van der Waals surface area contributed by atoms with Gasteiger partial charge in [-0.3, -0.25) is 0 Å². The number of carbonyl (C=O) groups is 1. The van der Waals surface area contributed by atoms with E-state index in [0.717, 1.165) is 9.88 Å². The van der Waals surface area contributed by atoms with Gasteiger partial charge in [0.1, 0.15) is 10.6 Å². The molecule has 0 amide bonds. The SMILES string of the molecule is Cc1cnc(CNc2cccc(Cl)c2C(=O)O)s1. The molecule has 1 aromatic carbocycles. The van der Waals surface area contributed by atoms with Crippen LogP contribution < -0.4 is 5.32 Å². The molecule has 18 heavy (non-hydrogen) atoms. The molecule has 6 heteroatoms. The third-order valence-electron chi connectivity index (χ3n) is 2.33. The molecule has 4 nitrogen and oxygen atoms in total. The van der Waals surface area contributed by atoms with Crippen LogP contribution in [0.2, 0.25) is 5.02 Å². The number of carboxylic acid groups (broad SMARTS) is 1. The van der Waals surface area contributed by atoms with Gasteiger partial charge in [0.15, 0.2) is 0 Å². The van der Waals surface area contributed by atoms with Gasteiger partial charge < -0.3 is 10.4 Å². The summed E-state index contributed by atoms with van der Waals surface area (Å²) in [6, 6.07) is 4.96. The zero-order chi connectivity index (χ0) is 13.1. The molecule has 94 valence electrons. The lowest BCUT2D eigenvalue weighted by molar-refractivity contribution is 0.0698. The number of thiazole rings is 1. The third kappa shape index (κ3) is 2.80. The number of halogens is 1. The minimum atomic E-state index is -1.04. The Kier molecular flexibility index (Phi) is 3.84. The van der Waals surface area contributed by atoms with Crippen LogP contribution in [-0.4, -0.2) is 16.1 Å². The number of hydrogen-bond acceptors (Lipinski definition) is 4. The van der Waals surface area contributed by atoms with Gasteiger partial charge in [0.2, 0.25) is 0 Å². The fourth-order valence-corrected chi connectivity index (χ4v) is 2.53. The molecule has 0 saturated carbocycles. The molecule has 0 bridgehead atoms. The Morgan fingerprint density at radius 2 is 2.33 bits per heavy atom. The number of aromatic nitrogens is 1. The predicted octanol–water partition coefficient (Wildman–Crippen LogP) is 3.42. The maximum Gasteiger partial charge on any atom is 0.339 e. The molecule has 0 aliphatic carbocycles. The summed E-state index contributed by atoms with van der Waals surface area (Å²) in [4.78, 5) is 16.4. The summed E-state index contributed by atoms with van der Waals surface area (Å²) in [7, 11) is 0. The number of anilines is 1. The lowest BCUT2D eigenvalue weighted by Crippen LogP contribution is -2.06. The maximum absolute atomic E-state index is 11.1. The molecule has 1 heterocycles. The van der Waals surface area contributed by atoms with E-state index in [4.69, 9.17) is 16.7 Å². The lowest BCUT2D eigenvalue weighted by atomic mass is 10.2. The third-order valence-corrected chi connectivity index (χ3v) is 3.55. The Balaban J connectivity index is 2.19. The summed E-state index contributed by atoms with van der Waals surface area (Å²) in [5, 5.41) is 13.3. The number of aromatic carboxylic acids is 1.